The third kappa shape index (κ3) is 7.69. The summed E-state index contributed by atoms with van der Waals surface area (Å²) in [6.07, 6.45) is -0.842. The van der Waals surface area contributed by atoms with Gasteiger partial charge in [-0.1, -0.05) is 14.9 Å². The fraction of sp³-hybridized carbons (Fsp3) is 0.667. The molecule has 1 aromatic heterocycles. The van der Waals surface area contributed by atoms with Crippen LogP contribution in [0.2, 0.25) is 0 Å². The molecule has 0 aliphatic carbocycles. The van der Waals surface area contributed by atoms with Crippen molar-refractivity contribution in [3.05, 3.63) is 21.4 Å². The summed E-state index contributed by atoms with van der Waals surface area (Å²) in [6.45, 7) is 7.68. The van der Waals surface area contributed by atoms with Gasteiger partial charge in [0.2, 0.25) is 0 Å². The zero-order chi connectivity index (χ0) is 18.6. The van der Waals surface area contributed by atoms with Crippen molar-refractivity contribution in [3.63, 3.8) is 0 Å². The van der Waals surface area contributed by atoms with Crippen LogP contribution in [0.25, 0.3) is 0 Å². The molecule has 0 radical (unpaired) electrons. The van der Waals surface area contributed by atoms with Crippen LogP contribution in [0.3, 0.4) is 0 Å². The van der Waals surface area contributed by atoms with E-state index in [9.17, 15) is 13.8 Å². The molecule has 9 heteroatoms. The number of carbonyl (C=O) groups excluding carboxylic acids is 2. The third-order valence-corrected chi connectivity index (χ3v) is 5.29. The molecule has 1 unspecified atom stereocenters. The number of hydrogen-bond donors (Lipinski definition) is 0. The highest BCUT2D eigenvalue weighted by molar-refractivity contribution is 7.80. The van der Waals surface area contributed by atoms with E-state index < -0.39 is 34.9 Å². The quantitative estimate of drug-likeness (QED) is 0.361. The van der Waals surface area contributed by atoms with Gasteiger partial charge in [0.25, 0.3) is 11.9 Å². The van der Waals surface area contributed by atoms with E-state index in [1.165, 1.54) is 29.2 Å². The molecule has 27 heavy (non-hydrogen) atoms. The topological polar surface area (TPSA) is 88.1 Å². The van der Waals surface area contributed by atoms with E-state index in [1.807, 2.05) is 0 Å². The Labute approximate surface area is 168 Å². The van der Waals surface area contributed by atoms with Crippen LogP contribution in [-0.4, -0.2) is 47.0 Å². The average Bonchev–Trinajstić information content (AvgIpc) is 2.79. The highest BCUT2D eigenvalue weighted by Crippen LogP contribution is 2.22. The Balaban J connectivity index is 0.00000338. The Hall–Kier alpha value is -1.29. The normalized spacial score (nSPS) is 17.3. The first-order valence-electron chi connectivity index (χ1n) is 7.83. The zero-order valence-corrected chi connectivity index (χ0v) is 16.3. The van der Waals surface area contributed by atoms with Crippen molar-refractivity contribution in [2.45, 2.75) is 60.9 Å². The summed E-state index contributed by atoms with van der Waals surface area (Å²) >= 11 is -0.111. The molecule has 1 aliphatic rings. The molecular weight excluding hydrogens is 392 g/mol. The number of hydrogen-bond acceptors (Lipinski definition) is 8. The predicted octanol–water partition coefficient (Wildman–Crippen LogP) is 3.08. The molecule has 0 aromatic carbocycles. The maximum Gasteiger partial charge on any atom is 0.351 e. The number of rotatable bonds is 8. The Kier molecular flexibility index (Phi) is 10.4. The van der Waals surface area contributed by atoms with Gasteiger partial charge in [0.05, 0.1) is 19.0 Å². The molecule has 2 heterocycles. The minimum Gasteiger partial charge on any atom is -0.421 e. The van der Waals surface area contributed by atoms with Crippen LogP contribution < -0.4 is 0 Å². The third-order valence-electron chi connectivity index (χ3n) is 3.38. The van der Waals surface area contributed by atoms with Gasteiger partial charge in [-0.25, -0.2) is 13.8 Å². The molecule has 1 saturated heterocycles. The molecule has 1 fully saturated rings. The lowest BCUT2D eigenvalue weighted by Crippen LogP contribution is -2.50. The summed E-state index contributed by atoms with van der Waals surface area (Å²) in [5.74, 6) is -3.10. The van der Waals surface area contributed by atoms with Crippen molar-refractivity contribution >= 4 is 34.4 Å². The Bertz CT molecular complexity index is 647. The maximum absolute atomic E-state index is 11.8. The summed E-state index contributed by atoms with van der Waals surface area (Å²) in [4.78, 5) is 25.9. The van der Waals surface area contributed by atoms with Crippen molar-refractivity contribution < 1.29 is 32.2 Å². The van der Waals surface area contributed by atoms with Crippen molar-refractivity contribution in [2.75, 3.05) is 19.0 Å². The molecule has 0 bridgehead atoms. The second-order valence-electron chi connectivity index (χ2n) is 6.03. The Morgan fingerprint density at radius 1 is 1.15 bits per heavy atom. The molecule has 156 valence electrons. The number of carbonyl (C=O) groups is 2. The van der Waals surface area contributed by atoms with E-state index in [2.05, 4.69) is 19.9 Å². The number of cyclic esters (lactones) is 2. The number of aryl methyl sites for hydroxylation is 2. The molecule has 1 atom stereocenters. The molecule has 0 N–H and O–H groups in total. The lowest BCUT2D eigenvalue weighted by molar-refractivity contribution is -0.243. The van der Waals surface area contributed by atoms with Crippen LogP contribution in [0, 0.1) is 13.8 Å². The van der Waals surface area contributed by atoms with Crippen LogP contribution >= 0.6 is 11.3 Å². The van der Waals surface area contributed by atoms with Crippen LogP contribution in [0.5, 0.6) is 0 Å². The first kappa shape index (κ1) is 25.7. The minimum absolute atomic E-state index is 0. The summed E-state index contributed by atoms with van der Waals surface area (Å²) in [6, 6.07) is 2.13. The lowest BCUT2D eigenvalue weighted by atomic mass is 10.2. The van der Waals surface area contributed by atoms with Crippen LogP contribution in [0.4, 0.5) is 0 Å². The van der Waals surface area contributed by atoms with Gasteiger partial charge in [0, 0.05) is 23.6 Å². The smallest absolute Gasteiger partial charge is 0.351 e. The van der Waals surface area contributed by atoms with Gasteiger partial charge >= 0.3 is 11.9 Å². The minimum atomic E-state index is -1.86. The molecule has 2 rings (SSSR count). The molecule has 0 amide bonds. The van der Waals surface area contributed by atoms with Gasteiger partial charge < -0.3 is 14.2 Å². The summed E-state index contributed by atoms with van der Waals surface area (Å²) in [5.41, 5.74) is 1.25. The highest BCUT2D eigenvalue weighted by Gasteiger charge is 2.45. The standard InChI is InChI=1S/C16H22O7S2.2CH4/c1-10-9-12(11(2)24-10)5-6-20-7-8-25(19)23-13-14(17)21-16(3,4)22-15(13)18;;/h9,13H,5-8H2,1-4H3;2*1H4. The molecule has 7 nitrogen and oxygen atoms in total. The molecular formula is C18H30O7S2. The van der Waals surface area contributed by atoms with Gasteiger partial charge in [0.1, 0.15) is 0 Å². The number of thiophene rings is 1. The van der Waals surface area contributed by atoms with Gasteiger partial charge in [-0.15, -0.1) is 11.3 Å². The Morgan fingerprint density at radius 2 is 1.74 bits per heavy atom. The van der Waals surface area contributed by atoms with E-state index >= 15 is 0 Å². The van der Waals surface area contributed by atoms with Gasteiger partial charge in [0.15, 0.2) is 11.1 Å². The van der Waals surface area contributed by atoms with Crippen LogP contribution in [0.15, 0.2) is 6.07 Å². The van der Waals surface area contributed by atoms with E-state index in [0.717, 1.165) is 6.42 Å². The van der Waals surface area contributed by atoms with E-state index in [0.29, 0.717) is 6.61 Å². The fourth-order valence-electron chi connectivity index (χ4n) is 2.29. The van der Waals surface area contributed by atoms with Crippen molar-refractivity contribution in [3.8, 4) is 0 Å². The average molecular weight is 423 g/mol. The maximum atomic E-state index is 11.8. The first-order valence-corrected chi connectivity index (χ1v) is 9.89. The van der Waals surface area contributed by atoms with Crippen molar-refractivity contribution in [1.82, 2.24) is 0 Å². The van der Waals surface area contributed by atoms with E-state index in [-0.39, 0.29) is 27.2 Å². The van der Waals surface area contributed by atoms with Crippen molar-refractivity contribution in [2.24, 2.45) is 0 Å². The van der Waals surface area contributed by atoms with E-state index in [4.69, 9.17) is 18.4 Å². The second-order valence-corrected chi connectivity index (χ2v) is 8.70. The van der Waals surface area contributed by atoms with E-state index in [1.54, 1.807) is 11.3 Å². The largest absolute Gasteiger partial charge is 0.421 e. The molecule has 1 aromatic rings. The van der Waals surface area contributed by atoms with Gasteiger partial charge in [-0.3, -0.25) is 4.18 Å². The summed E-state index contributed by atoms with van der Waals surface area (Å²) in [7, 11) is 0. The molecule has 0 spiro atoms. The van der Waals surface area contributed by atoms with Gasteiger partial charge in [-0.2, -0.15) is 0 Å². The Morgan fingerprint density at radius 3 is 2.26 bits per heavy atom. The SMILES string of the molecule is C.C.Cc1cc(CCOCCS(=O)OC2C(=O)OC(C)(C)OC2=O)c(C)s1. The first-order chi connectivity index (χ1) is 11.7. The molecule has 1 aliphatic heterocycles. The predicted molar refractivity (Wildman–Crippen MR) is 106 cm³/mol. The molecule has 0 saturated carbocycles. The lowest BCUT2D eigenvalue weighted by Gasteiger charge is -2.32. The van der Waals surface area contributed by atoms with Crippen LogP contribution in [0.1, 0.15) is 44.0 Å². The summed E-state index contributed by atoms with van der Waals surface area (Å²) < 4.78 is 32.0. The number of esters is 2. The van der Waals surface area contributed by atoms with Gasteiger partial charge in [-0.05, 0) is 31.9 Å². The second kappa shape index (κ2) is 10.9. The monoisotopic (exact) mass is 422 g/mol. The summed E-state index contributed by atoms with van der Waals surface area (Å²) in [5, 5.41) is 0. The van der Waals surface area contributed by atoms with Crippen molar-refractivity contribution in [1.29, 1.82) is 0 Å². The van der Waals surface area contributed by atoms with Crippen LogP contribution in [-0.2, 0) is 45.5 Å². The highest BCUT2D eigenvalue weighted by atomic mass is 32.2. The fourth-order valence-corrected chi connectivity index (χ4v) is 3.98. The number of ether oxygens (including phenoxy) is 3. The zero-order valence-electron chi connectivity index (χ0n) is 14.7.